The molecule has 110 valence electrons. The second-order valence-corrected chi connectivity index (χ2v) is 6.42. The number of aromatic carboxylic acids is 1. The zero-order valence-electron chi connectivity index (χ0n) is 12.3. The molecule has 1 fully saturated rings. The highest BCUT2D eigenvalue weighted by atomic mass is 16.4. The minimum atomic E-state index is -0.934. The summed E-state index contributed by atoms with van der Waals surface area (Å²) in [7, 11) is 0. The molecule has 0 amide bonds. The van der Waals surface area contributed by atoms with Crippen LogP contribution in [-0.4, -0.2) is 34.1 Å². The van der Waals surface area contributed by atoms with Gasteiger partial charge in [-0.15, -0.1) is 0 Å². The SMILES string of the molecule is CC1(C)CCCN(c2ncnc3cc(C(=O)O)ccc23)C1. The molecule has 2 aromatic rings. The highest BCUT2D eigenvalue weighted by Gasteiger charge is 2.28. The maximum atomic E-state index is 11.1. The molecule has 1 aliphatic rings. The molecule has 0 radical (unpaired) electrons. The minimum Gasteiger partial charge on any atom is -0.478 e. The van der Waals surface area contributed by atoms with E-state index in [0.717, 1.165) is 30.7 Å². The summed E-state index contributed by atoms with van der Waals surface area (Å²) in [5, 5.41) is 9.99. The fourth-order valence-electron chi connectivity index (χ4n) is 3.03. The third kappa shape index (κ3) is 2.68. The maximum Gasteiger partial charge on any atom is 0.335 e. The second kappa shape index (κ2) is 4.98. The fourth-order valence-corrected chi connectivity index (χ4v) is 3.03. The summed E-state index contributed by atoms with van der Waals surface area (Å²) in [6.45, 7) is 6.48. The summed E-state index contributed by atoms with van der Waals surface area (Å²) in [6.07, 6.45) is 3.88. The molecular formula is C16H19N3O2. The molecular weight excluding hydrogens is 266 g/mol. The third-order valence-corrected chi connectivity index (χ3v) is 4.06. The van der Waals surface area contributed by atoms with Crippen molar-refractivity contribution in [1.82, 2.24) is 9.97 Å². The van der Waals surface area contributed by atoms with E-state index in [2.05, 4.69) is 28.7 Å². The normalized spacial score (nSPS) is 17.9. The number of hydrogen-bond donors (Lipinski definition) is 1. The van der Waals surface area contributed by atoms with Gasteiger partial charge in [0.25, 0.3) is 0 Å². The summed E-state index contributed by atoms with van der Waals surface area (Å²) in [5.41, 5.74) is 1.21. The standard InChI is InChI=1S/C16H19N3O2/c1-16(2)6-3-7-19(9-16)14-12-5-4-11(15(20)21)8-13(12)17-10-18-14/h4-5,8,10H,3,6-7,9H2,1-2H3,(H,20,21). The van der Waals surface area contributed by atoms with Gasteiger partial charge < -0.3 is 10.0 Å². The molecule has 3 rings (SSSR count). The Morgan fingerprint density at radius 1 is 1.33 bits per heavy atom. The van der Waals surface area contributed by atoms with Crippen molar-refractivity contribution in [1.29, 1.82) is 0 Å². The predicted molar refractivity (Wildman–Crippen MR) is 81.7 cm³/mol. The zero-order chi connectivity index (χ0) is 15.0. The van der Waals surface area contributed by atoms with Crippen LogP contribution >= 0.6 is 0 Å². The van der Waals surface area contributed by atoms with Crippen LogP contribution in [0.3, 0.4) is 0 Å². The lowest BCUT2D eigenvalue weighted by Gasteiger charge is -2.39. The van der Waals surface area contributed by atoms with Crippen molar-refractivity contribution in [3.8, 4) is 0 Å². The summed E-state index contributed by atoms with van der Waals surface area (Å²) in [6, 6.07) is 5.04. The topological polar surface area (TPSA) is 66.3 Å². The van der Waals surface area contributed by atoms with Crippen molar-refractivity contribution in [2.24, 2.45) is 5.41 Å². The Bertz CT molecular complexity index is 697. The van der Waals surface area contributed by atoms with Gasteiger partial charge in [0.2, 0.25) is 0 Å². The average molecular weight is 285 g/mol. The second-order valence-electron chi connectivity index (χ2n) is 6.42. The van der Waals surface area contributed by atoms with Gasteiger partial charge in [-0.2, -0.15) is 0 Å². The van der Waals surface area contributed by atoms with E-state index >= 15 is 0 Å². The monoisotopic (exact) mass is 285 g/mol. The van der Waals surface area contributed by atoms with E-state index in [1.807, 2.05) is 6.07 Å². The molecule has 0 unspecified atom stereocenters. The van der Waals surface area contributed by atoms with Crippen molar-refractivity contribution in [3.63, 3.8) is 0 Å². The number of carbonyl (C=O) groups is 1. The Morgan fingerprint density at radius 2 is 2.14 bits per heavy atom. The van der Waals surface area contributed by atoms with E-state index in [1.165, 1.54) is 12.7 Å². The van der Waals surface area contributed by atoms with E-state index in [-0.39, 0.29) is 11.0 Å². The predicted octanol–water partition coefficient (Wildman–Crippen LogP) is 2.95. The molecule has 1 aromatic heterocycles. The molecule has 0 bridgehead atoms. The molecule has 21 heavy (non-hydrogen) atoms. The van der Waals surface area contributed by atoms with Gasteiger partial charge in [0.05, 0.1) is 11.1 Å². The van der Waals surface area contributed by atoms with Gasteiger partial charge in [-0.05, 0) is 36.5 Å². The summed E-state index contributed by atoms with van der Waals surface area (Å²) in [4.78, 5) is 22.0. The van der Waals surface area contributed by atoms with E-state index in [0.29, 0.717) is 5.52 Å². The van der Waals surface area contributed by atoms with Crippen molar-refractivity contribution < 1.29 is 9.90 Å². The van der Waals surface area contributed by atoms with Gasteiger partial charge in [0, 0.05) is 18.5 Å². The molecule has 1 aromatic carbocycles. The molecule has 0 aliphatic carbocycles. The number of nitrogens with zero attached hydrogens (tertiary/aromatic N) is 3. The largest absolute Gasteiger partial charge is 0.478 e. The van der Waals surface area contributed by atoms with Crippen LogP contribution in [0.15, 0.2) is 24.5 Å². The van der Waals surface area contributed by atoms with Crippen LogP contribution in [-0.2, 0) is 0 Å². The highest BCUT2D eigenvalue weighted by Crippen LogP contribution is 2.33. The number of anilines is 1. The van der Waals surface area contributed by atoms with E-state index in [1.54, 1.807) is 12.1 Å². The van der Waals surface area contributed by atoms with Gasteiger partial charge in [-0.1, -0.05) is 13.8 Å². The third-order valence-electron chi connectivity index (χ3n) is 4.06. The first-order valence-electron chi connectivity index (χ1n) is 7.19. The molecule has 5 heteroatoms. The number of benzene rings is 1. The van der Waals surface area contributed by atoms with Crippen LogP contribution in [0.1, 0.15) is 37.0 Å². The van der Waals surface area contributed by atoms with Crippen molar-refractivity contribution >= 4 is 22.7 Å². The van der Waals surface area contributed by atoms with Gasteiger partial charge in [0.15, 0.2) is 0 Å². The van der Waals surface area contributed by atoms with Crippen LogP contribution in [0.25, 0.3) is 10.9 Å². The number of hydrogen-bond acceptors (Lipinski definition) is 4. The average Bonchev–Trinajstić information content (AvgIpc) is 2.45. The summed E-state index contributed by atoms with van der Waals surface area (Å²) < 4.78 is 0. The maximum absolute atomic E-state index is 11.1. The Kier molecular flexibility index (Phi) is 3.27. The number of fused-ring (bicyclic) bond motifs is 1. The van der Waals surface area contributed by atoms with Crippen LogP contribution in [0.2, 0.25) is 0 Å². The number of carboxylic acid groups (broad SMARTS) is 1. The molecule has 0 atom stereocenters. The number of piperidine rings is 1. The molecule has 1 aliphatic heterocycles. The summed E-state index contributed by atoms with van der Waals surface area (Å²) >= 11 is 0. The van der Waals surface area contributed by atoms with Crippen molar-refractivity contribution in [2.75, 3.05) is 18.0 Å². The van der Waals surface area contributed by atoms with Crippen molar-refractivity contribution in [2.45, 2.75) is 26.7 Å². The van der Waals surface area contributed by atoms with Gasteiger partial charge in [-0.3, -0.25) is 0 Å². The first-order valence-corrected chi connectivity index (χ1v) is 7.19. The summed E-state index contributed by atoms with van der Waals surface area (Å²) in [5.74, 6) is -0.0270. The highest BCUT2D eigenvalue weighted by molar-refractivity contribution is 5.96. The lowest BCUT2D eigenvalue weighted by atomic mass is 9.84. The molecule has 1 N–H and O–H groups in total. The Labute approximate surface area is 123 Å². The van der Waals surface area contributed by atoms with Crippen LogP contribution in [0, 0.1) is 5.41 Å². The molecule has 2 heterocycles. The minimum absolute atomic E-state index is 0.256. The number of carboxylic acids is 1. The lowest BCUT2D eigenvalue weighted by Crippen LogP contribution is -2.40. The first-order chi connectivity index (χ1) is 9.96. The van der Waals surface area contributed by atoms with Crippen LogP contribution < -0.4 is 4.90 Å². The van der Waals surface area contributed by atoms with E-state index < -0.39 is 5.97 Å². The van der Waals surface area contributed by atoms with E-state index in [9.17, 15) is 4.79 Å². The Hall–Kier alpha value is -2.17. The molecule has 0 spiro atoms. The molecule has 1 saturated heterocycles. The number of rotatable bonds is 2. The number of aromatic nitrogens is 2. The van der Waals surface area contributed by atoms with Crippen molar-refractivity contribution in [3.05, 3.63) is 30.1 Å². The Morgan fingerprint density at radius 3 is 2.86 bits per heavy atom. The fraction of sp³-hybridized carbons (Fsp3) is 0.438. The molecule has 0 saturated carbocycles. The Balaban J connectivity index is 2.05. The van der Waals surface area contributed by atoms with Gasteiger partial charge in [-0.25, -0.2) is 14.8 Å². The van der Waals surface area contributed by atoms with Gasteiger partial charge >= 0.3 is 5.97 Å². The first kappa shape index (κ1) is 13.8. The van der Waals surface area contributed by atoms with E-state index in [4.69, 9.17) is 5.11 Å². The quantitative estimate of drug-likeness (QED) is 0.919. The smallest absolute Gasteiger partial charge is 0.335 e. The lowest BCUT2D eigenvalue weighted by molar-refractivity contribution is 0.0697. The zero-order valence-corrected chi connectivity index (χ0v) is 12.3. The van der Waals surface area contributed by atoms with Crippen LogP contribution in [0.4, 0.5) is 5.82 Å². The van der Waals surface area contributed by atoms with Gasteiger partial charge in [0.1, 0.15) is 12.1 Å². The molecule has 5 nitrogen and oxygen atoms in total. The van der Waals surface area contributed by atoms with Crippen LogP contribution in [0.5, 0.6) is 0 Å².